The van der Waals surface area contributed by atoms with E-state index in [0.717, 1.165) is 13.1 Å². The molecule has 1 heterocycles. The van der Waals surface area contributed by atoms with Crippen molar-refractivity contribution >= 4 is 17.3 Å². The van der Waals surface area contributed by atoms with Crippen LogP contribution in [0.15, 0.2) is 24.3 Å². The standard InChI is InChI=1S/C13H19N3O2/c17-13(10-16-7-2-1-3-8-16)14-11-5-4-6-12(9-11)15-18/h4-6,9,15,18H,1-3,7-8,10H2,(H,14,17). The smallest absolute Gasteiger partial charge is 0.238 e. The highest BCUT2D eigenvalue weighted by Gasteiger charge is 2.13. The number of hydrogen-bond donors (Lipinski definition) is 3. The van der Waals surface area contributed by atoms with Gasteiger partial charge in [0.15, 0.2) is 0 Å². The fourth-order valence-electron chi connectivity index (χ4n) is 2.19. The molecule has 0 aromatic heterocycles. The molecular formula is C13H19N3O2. The number of likely N-dealkylation sites (tertiary alicyclic amines) is 1. The number of anilines is 2. The second-order valence-corrected chi connectivity index (χ2v) is 4.58. The molecular weight excluding hydrogens is 230 g/mol. The second kappa shape index (κ2) is 6.37. The van der Waals surface area contributed by atoms with E-state index in [-0.39, 0.29) is 5.91 Å². The number of amides is 1. The van der Waals surface area contributed by atoms with Crippen LogP contribution in [-0.4, -0.2) is 35.6 Å². The Labute approximate surface area is 107 Å². The number of nitrogens with one attached hydrogen (secondary N) is 2. The van der Waals surface area contributed by atoms with Gasteiger partial charge in [0.2, 0.25) is 5.91 Å². The lowest BCUT2D eigenvalue weighted by Gasteiger charge is -2.25. The molecule has 1 amide bonds. The van der Waals surface area contributed by atoms with Crippen LogP contribution in [0.25, 0.3) is 0 Å². The van der Waals surface area contributed by atoms with Gasteiger partial charge in [-0.1, -0.05) is 12.5 Å². The minimum atomic E-state index is -0.00742. The van der Waals surface area contributed by atoms with Crippen LogP contribution in [0.1, 0.15) is 19.3 Å². The third-order valence-electron chi connectivity index (χ3n) is 3.09. The Bertz CT molecular complexity index is 403. The number of benzene rings is 1. The van der Waals surface area contributed by atoms with Gasteiger partial charge < -0.3 is 5.32 Å². The van der Waals surface area contributed by atoms with Crippen molar-refractivity contribution in [3.8, 4) is 0 Å². The highest BCUT2D eigenvalue weighted by Crippen LogP contribution is 2.14. The molecule has 18 heavy (non-hydrogen) atoms. The predicted octanol–water partition coefficient (Wildman–Crippen LogP) is 1.91. The zero-order valence-electron chi connectivity index (χ0n) is 10.4. The van der Waals surface area contributed by atoms with Crippen molar-refractivity contribution in [3.05, 3.63) is 24.3 Å². The predicted molar refractivity (Wildman–Crippen MR) is 70.8 cm³/mol. The largest absolute Gasteiger partial charge is 0.325 e. The Balaban J connectivity index is 1.85. The minimum Gasteiger partial charge on any atom is -0.325 e. The van der Waals surface area contributed by atoms with E-state index in [2.05, 4.69) is 15.7 Å². The van der Waals surface area contributed by atoms with Gasteiger partial charge in [0.05, 0.1) is 12.2 Å². The van der Waals surface area contributed by atoms with E-state index in [4.69, 9.17) is 5.21 Å². The second-order valence-electron chi connectivity index (χ2n) is 4.58. The summed E-state index contributed by atoms with van der Waals surface area (Å²) < 4.78 is 0. The summed E-state index contributed by atoms with van der Waals surface area (Å²) in [5.41, 5.74) is 3.31. The van der Waals surface area contributed by atoms with E-state index in [1.54, 1.807) is 24.3 Å². The number of nitrogens with zero attached hydrogens (tertiary/aromatic N) is 1. The van der Waals surface area contributed by atoms with Gasteiger partial charge in [-0.3, -0.25) is 20.4 Å². The first-order valence-corrected chi connectivity index (χ1v) is 6.30. The van der Waals surface area contributed by atoms with Crippen LogP contribution in [0.2, 0.25) is 0 Å². The lowest BCUT2D eigenvalue weighted by molar-refractivity contribution is -0.117. The molecule has 0 unspecified atom stereocenters. The van der Waals surface area contributed by atoms with Crippen molar-refractivity contribution in [1.29, 1.82) is 0 Å². The van der Waals surface area contributed by atoms with Crippen LogP contribution in [0.5, 0.6) is 0 Å². The molecule has 1 aromatic carbocycles. The summed E-state index contributed by atoms with van der Waals surface area (Å²) in [4.78, 5) is 14.0. The van der Waals surface area contributed by atoms with E-state index >= 15 is 0 Å². The maximum Gasteiger partial charge on any atom is 0.238 e. The van der Waals surface area contributed by atoms with Gasteiger partial charge in [0, 0.05) is 5.69 Å². The van der Waals surface area contributed by atoms with Crippen LogP contribution >= 0.6 is 0 Å². The molecule has 1 aromatic rings. The average molecular weight is 249 g/mol. The third kappa shape index (κ3) is 3.72. The monoisotopic (exact) mass is 249 g/mol. The summed E-state index contributed by atoms with van der Waals surface area (Å²) >= 11 is 0. The van der Waals surface area contributed by atoms with Crippen LogP contribution in [0.4, 0.5) is 11.4 Å². The van der Waals surface area contributed by atoms with Gasteiger partial charge >= 0.3 is 0 Å². The summed E-state index contributed by atoms with van der Waals surface area (Å²) in [5, 5.41) is 11.6. The molecule has 5 heteroatoms. The Morgan fingerprint density at radius 3 is 2.67 bits per heavy atom. The molecule has 0 bridgehead atoms. The molecule has 3 N–H and O–H groups in total. The molecule has 1 saturated heterocycles. The number of rotatable bonds is 4. The van der Waals surface area contributed by atoms with E-state index in [0.29, 0.717) is 17.9 Å². The Morgan fingerprint density at radius 2 is 1.94 bits per heavy atom. The van der Waals surface area contributed by atoms with Crippen molar-refractivity contribution in [2.24, 2.45) is 0 Å². The minimum absolute atomic E-state index is 0.00742. The SMILES string of the molecule is O=C(CN1CCCCC1)Nc1cccc(NO)c1. The normalized spacial score (nSPS) is 16.3. The fraction of sp³-hybridized carbons (Fsp3) is 0.462. The molecule has 1 fully saturated rings. The van der Waals surface area contributed by atoms with Gasteiger partial charge in [0.25, 0.3) is 0 Å². The van der Waals surface area contributed by atoms with Crippen molar-refractivity contribution in [3.63, 3.8) is 0 Å². The van der Waals surface area contributed by atoms with E-state index in [1.807, 2.05) is 0 Å². The first-order valence-electron chi connectivity index (χ1n) is 6.30. The molecule has 5 nitrogen and oxygen atoms in total. The van der Waals surface area contributed by atoms with Crippen LogP contribution in [-0.2, 0) is 4.79 Å². The summed E-state index contributed by atoms with van der Waals surface area (Å²) in [6, 6.07) is 6.98. The first-order chi connectivity index (χ1) is 8.78. The molecule has 98 valence electrons. The van der Waals surface area contributed by atoms with Crippen LogP contribution in [0, 0.1) is 0 Å². The molecule has 0 aliphatic carbocycles. The third-order valence-corrected chi connectivity index (χ3v) is 3.09. The Morgan fingerprint density at radius 1 is 1.22 bits per heavy atom. The van der Waals surface area contributed by atoms with Gasteiger partial charge in [-0.05, 0) is 44.1 Å². The molecule has 0 spiro atoms. The summed E-state index contributed by atoms with van der Waals surface area (Å²) in [6.07, 6.45) is 3.62. The zero-order valence-corrected chi connectivity index (χ0v) is 10.4. The maximum absolute atomic E-state index is 11.8. The molecule has 2 rings (SSSR count). The van der Waals surface area contributed by atoms with E-state index < -0.39 is 0 Å². The number of hydrogen-bond acceptors (Lipinski definition) is 4. The molecule has 1 aliphatic rings. The van der Waals surface area contributed by atoms with Crippen molar-refractivity contribution in [2.75, 3.05) is 30.4 Å². The van der Waals surface area contributed by atoms with E-state index in [9.17, 15) is 4.79 Å². The molecule has 0 saturated carbocycles. The van der Waals surface area contributed by atoms with Gasteiger partial charge in [-0.15, -0.1) is 0 Å². The summed E-state index contributed by atoms with van der Waals surface area (Å²) in [7, 11) is 0. The fourth-order valence-corrected chi connectivity index (χ4v) is 2.19. The van der Waals surface area contributed by atoms with Crippen LogP contribution < -0.4 is 10.8 Å². The summed E-state index contributed by atoms with van der Waals surface area (Å²) in [6.45, 7) is 2.45. The van der Waals surface area contributed by atoms with Gasteiger partial charge in [-0.25, -0.2) is 0 Å². The number of piperidine rings is 1. The Hall–Kier alpha value is -1.59. The lowest BCUT2D eigenvalue weighted by Crippen LogP contribution is -2.36. The maximum atomic E-state index is 11.8. The average Bonchev–Trinajstić information content (AvgIpc) is 2.40. The first kappa shape index (κ1) is 12.9. The van der Waals surface area contributed by atoms with Crippen molar-refractivity contribution in [2.45, 2.75) is 19.3 Å². The van der Waals surface area contributed by atoms with Crippen molar-refractivity contribution < 1.29 is 10.0 Å². The van der Waals surface area contributed by atoms with E-state index in [1.165, 1.54) is 19.3 Å². The number of carbonyl (C=O) groups is 1. The highest BCUT2D eigenvalue weighted by molar-refractivity contribution is 5.92. The molecule has 0 radical (unpaired) electrons. The number of carbonyl (C=O) groups excluding carboxylic acids is 1. The van der Waals surface area contributed by atoms with Gasteiger partial charge in [0.1, 0.15) is 0 Å². The Kier molecular flexibility index (Phi) is 4.55. The highest BCUT2D eigenvalue weighted by atomic mass is 16.5. The summed E-state index contributed by atoms with van der Waals surface area (Å²) in [5.74, 6) is -0.00742. The van der Waals surface area contributed by atoms with Crippen LogP contribution in [0.3, 0.4) is 0 Å². The molecule has 0 atom stereocenters. The van der Waals surface area contributed by atoms with Crippen molar-refractivity contribution in [1.82, 2.24) is 4.90 Å². The zero-order chi connectivity index (χ0) is 12.8. The quantitative estimate of drug-likeness (QED) is 0.713. The lowest BCUT2D eigenvalue weighted by atomic mass is 10.1. The van der Waals surface area contributed by atoms with Gasteiger partial charge in [-0.2, -0.15) is 0 Å². The topological polar surface area (TPSA) is 64.6 Å². The molecule has 1 aliphatic heterocycles.